The van der Waals surface area contributed by atoms with Crippen LogP contribution in [0.15, 0.2) is 18.2 Å². The zero-order valence-electron chi connectivity index (χ0n) is 19.7. The summed E-state index contributed by atoms with van der Waals surface area (Å²) in [4.78, 5) is 23.0. The maximum absolute atomic E-state index is 13.3. The molecule has 0 aromatic carbocycles. The van der Waals surface area contributed by atoms with E-state index in [1.54, 1.807) is 0 Å². The molecule has 2 aliphatic rings. The van der Waals surface area contributed by atoms with Gasteiger partial charge in [0.15, 0.2) is 0 Å². The minimum absolute atomic E-state index is 0.00353. The first kappa shape index (κ1) is 25.9. The number of hydrogen-bond acceptors (Lipinski definition) is 6. The number of amides is 1. The number of anilines is 1. The molecule has 1 aromatic heterocycles. The third-order valence-electron chi connectivity index (χ3n) is 6.41. The lowest BCUT2D eigenvalue weighted by Crippen LogP contribution is -2.64. The highest BCUT2D eigenvalue weighted by Crippen LogP contribution is 2.33. The topological polar surface area (TPSA) is 58.1 Å². The Bertz CT molecular complexity index is 776. The lowest BCUT2D eigenvalue weighted by molar-refractivity contribution is -0.141. The average molecular weight is 473 g/mol. The van der Waals surface area contributed by atoms with Crippen LogP contribution in [-0.2, 0) is 20.4 Å². The van der Waals surface area contributed by atoms with Crippen LogP contribution in [0.25, 0.3) is 0 Å². The standard InChI is InChI=1S/C23H35F3N4O3/c1-18(2)15-28-9-11-29(12-10-28)22(7-13-33-14-8-22)17-30(21(31)16-32-3)20-6-4-5-19(27-20)23(24,25)26/h4-6,18H,7-17H2,1-3H3. The molecule has 0 spiro atoms. The van der Waals surface area contributed by atoms with Crippen LogP contribution in [0.1, 0.15) is 32.4 Å². The summed E-state index contributed by atoms with van der Waals surface area (Å²) in [5.74, 6) is 0.174. The predicted octanol–water partition coefficient (Wildman–Crippen LogP) is 2.90. The Balaban J connectivity index is 1.87. The van der Waals surface area contributed by atoms with Gasteiger partial charge in [-0.2, -0.15) is 13.2 Å². The molecule has 10 heteroatoms. The summed E-state index contributed by atoms with van der Waals surface area (Å²) >= 11 is 0. The van der Waals surface area contributed by atoms with Gasteiger partial charge < -0.3 is 14.4 Å². The number of ether oxygens (including phenoxy) is 2. The summed E-state index contributed by atoms with van der Waals surface area (Å²) in [6, 6.07) is 3.66. The molecular formula is C23H35F3N4O3. The number of pyridine rings is 1. The van der Waals surface area contributed by atoms with Crippen LogP contribution < -0.4 is 4.90 Å². The third kappa shape index (κ3) is 6.65. The number of halogens is 3. The molecule has 0 bridgehead atoms. The summed E-state index contributed by atoms with van der Waals surface area (Å²) in [5, 5.41) is 0. The molecule has 0 unspecified atom stereocenters. The van der Waals surface area contributed by atoms with Gasteiger partial charge in [-0.05, 0) is 30.9 Å². The maximum Gasteiger partial charge on any atom is 0.433 e. The molecule has 3 heterocycles. The molecule has 2 saturated heterocycles. The van der Waals surface area contributed by atoms with E-state index in [1.807, 2.05) is 0 Å². The number of nitrogens with zero attached hydrogens (tertiary/aromatic N) is 4. The number of hydrogen-bond donors (Lipinski definition) is 0. The van der Waals surface area contributed by atoms with Crippen molar-refractivity contribution >= 4 is 11.7 Å². The SMILES string of the molecule is COCC(=O)N(CC1(N2CCN(CC(C)C)CC2)CCOCC1)c1cccc(C(F)(F)F)n1. The number of carbonyl (C=O) groups excluding carboxylic acids is 1. The van der Waals surface area contributed by atoms with Gasteiger partial charge in [0.25, 0.3) is 5.91 Å². The highest BCUT2D eigenvalue weighted by atomic mass is 19.4. The van der Waals surface area contributed by atoms with Gasteiger partial charge in [0, 0.05) is 65.1 Å². The largest absolute Gasteiger partial charge is 0.433 e. The summed E-state index contributed by atoms with van der Waals surface area (Å²) < 4.78 is 50.6. The summed E-state index contributed by atoms with van der Waals surface area (Å²) in [6.45, 7) is 10.1. The van der Waals surface area contributed by atoms with Crippen LogP contribution in [-0.4, -0.2) is 92.4 Å². The van der Waals surface area contributed by atoms with E-state index in [4.69, 9.17) is 9.47 Å². The first-order valence-electron chi connectivity index (χ1n) is 11.5. The Morgan fingerprint density at radius 2 is 1.88 bits per heavy atom. The fraction of sp³-hybridized carbons (Fsp3) is 0.739. The van der Waals surface area contributed by atoms with Crippen LogP contribution in [0.3, 0.4) is 0 Å². The van der Waals surface area contributed by atoms with Crippen molar-refractivity contribution in [3.8, 4) is 0 Å². The summed E-state index contributed by atoms with van der Waals surface area (Å²) in [7, 11) is 1.40. The van der Waals surface area contributed by atoms with E-state index in [0.717, 1.165) is 38.8 Å². The highest BCUT2D eigenvalue weighted by Gasteiger charge is 2.43. The molecule has 3 rings (SSSR count). The molecule has 186 valence electrons. The lowest BCUT2D eigenvalue weighted by Gasteiger charge is -2.51. The van der Waals surface area contributed by atoms with Crippen LogP contribution in [0.4, 0.5) is 19.0 Å². The Morgan fingerprint density at radius 3 is 2.45 bits per heavy atom. The van der Waals surface area contributed by atoms with Gasteiger partial charge in [0.2, 0.25) is 0 Å². The van der Waals surface area contributed by atoms with Crippen molar-refractivity contribution in [3.05, 3.63) is 23.9 Å². The minimum Gasteiger partial charge on any atom is -0.381 e. The Hall–Kier alpha value is -1.75. The van der Waals surface area contributed by atoms with Gasteiger partial charge in [-0.25, -0.2) is 4.98 Å². The number of methoxy groups -OCH3 is 1. The molecule has 0 saturated carbocycles. The van der Waals surface area contributed by atoms with Gasteiger partial charge in [-0.1, -0.05) is 19.9 Å². The second-order valence-electron chi connectivity index (χ2n) is 9.31. The zero-order chi connectivity index (χ0) is 24.1. The number of alkyl halides is 3. The quantitative estimate of drug-likeness (QED) is 0.580. The van der Waals surface area contributed by atoms with Crippen molar-refractivity contribution in [2.75, 3.05) is 71.1 Å². The molecule has 0 aliphatic carbocycles. The second kappa shape index (κ2) is 11.1. The molecule has 7 nitrogen and oxygen atoms in total. The van der Waals surface area contributed by atoms with E-state index in [2.05, 4.69) is 28.6 Å². The fourth-order valence-electron chi connectivity index (χ4n) is 4.77. The number of piperazine rings is 1. The predicted molar refractivity (Wildman–Crippen MR) is 119 cm³/mol. The monoisotopic (exact) mass is 472 g/mol. The Kier molecular flexibility index (Phi) is 8.71. The highest BCUT2D eigenvalue weighted by molar-refractivity contribution is 5.93. The molecule has 1 aromatic rings. The van der Waals surface area contributed by atoms with Crippen LogP contribution >= 0.6 is 0 Å². The van der Waals surface area contributed by atoms with Crippen molar-refractivity contribution in [1.29, 1.82) is 0 Å². The maximum atomic E-state index is 13.3. The number of aromatic nitrogens is 1. The van der Waals surface area contributed by atoms with Crippen LogP contribution in [0, 0.1) is 5.92 Å². The molecule has 1 amide bonds. The van der Waals surface area contributed by atoms with Crippen molar-refractivity contribution in [3.63, 3.8) is 0 Å². The van der Waals surface area contributed by atoms with E-state index >= 15 is 0 Å². The Labute approximate surface area is 193 Å². The molecule has 2 fully saturated rings. The van der Waals surface area contributed by atoms with E-state index in [0.29, 0.717) is 32.0 Å². The Morgan fingerprint density at radius 1 is 1.21 bits per heavy atom. The van der Waals surface area contributed by atoms with Crippen LogP contribution in [0.5, 0.6) is 0 Å². The summed E-state index contributed by atoms with van der Waals surface area (Å²) in [5.41, 5.74) is -1.40. The van der Waals surface area contributed by atoms with Gasteiger partial charge in [0.1, 0.15) is 18.1 Å². The fourth-order valence-corrected chi connectivity index (χ4v) is 4.77. The van der Waals surface area contributed by atoms with Crippen molar-refractivity contribution in [2.24, 2.45) is 5.92 Å². The van der Waals surface area contributed by atoms with Crippen LogP contribution in [0.2, 0.25) is 0 Å². The van der Waals surface area contributed by atoms with Crippen molar-refractivity contribution in [2.45, 2.75) is 38.4 Å². The van der Waals surface area contributed by atoms with E-state index in [-0.39, 0.29) is 24.5 Å². The normalized spacial score (nSPS) is 20.2. The second-order valence-corrected chi connectivity index (χ2v) is 9.31. The van der Waals surface area contributed by atoms with Gasteiger partial charge >= 0.3 is 6.18 Å². The van der Waals surface area contributed by atoms with Crippen molar-refractivity contribution in [1.82, 2.24) is 14.8 Å². The molecule has 0 atom stereocenters. The molecule has 33 heavy (non-hydrogen) atoms. The molecule has 0 N–H and O–H groups in total. The molecular weight excluding hydrogens is 437 g/mol. The van der Waals surface area contributed by atoms with Gasteiger partial charge in [-0.15, -0.1) is 0 Å². The summed E-state index contributed by atoms with van der Waals surface area (Å²) in [6.07, 6.45) is -3.19. The van der Waals surface area contributed by atoms with E-state index < -0.39 is 17.8 Å². The smallest absolute Gasteiger partial charge is 0.381 e. The molecule has 0 radical (unpaired) electrons. The minimum atomic E-state index is -4.59. The number of carbonyl (C=O) groups is 1. The van der Waals surface area contributed by atoms with Gasteiger partial charge in [-0.3, -0.25) is 14.6 Å². The third-order valence-corrected chi connectivity index (χ3v) is 6.41. The van der Waals surface area contributed by atoms with E-state index in [9.17, 15) is 18.0 Å². The lowest BCUT2D eigenvalue weighted by atomic mass is 9.86. The zero-order valence-corrected chi connectivity index (χ0v) is 19.7. The van der Waals surface area contributed by atoms with Gasteiger partial charge in [0.05, 0.1) is 0 Å². The first-order valence-corrected chi connectivity index (χ1v) is 11.5. The molecule has 2 aliphatic heterocycles. The average Bonchev–Trinajstić information content (AvgIpc) is 2.78. The number of rotatable bonds is 8. The first-order chi connectivity index (χ1) is 15.6. The van der Waals surface area contributed by atoms with E-state index in [1.165, 1.54) is 24.1 Å². The van der Waals surface area contributed by atoms with Crippen molar-refractivity contribution < 1.29 is 27.4 Å².